The van der Waals surface area contributed by atoms with E-state index < -0.39 is 0 Å². The minimum absolute atomic E-state index is 0.560. The SMILES string of the molecule is Cc1nc(Br)cc(N2CCSCC2C)n1. The third kappa shape index (κ3) is 2.64. The Balaban J connectivity index is 2.27. The van der Waals surface area contributed by atoms with Gasteiger partial charge in [-0.1, -0.05) is 0 Å². The maximum absolute atomic E-state index is 4.48. The Morgan fingerprint density at radius 1 is 1.53 bits per heavy atom. The number of hydrogen-bond donors (Lipinski definition) is 0. The quantitative estimate of drug-likeness (QED) is 0.742. The molecule has 1 unspecified atom stereocenters. The van der Waals surface area contributed by atoms with Crippen LogP contribution in [0.15, 0.2) is 10.7 Å². The molecule has 82 valence electrons. The van der Waals surface area contributed by atoms with E-state index in [0.717, 1.165) is 22.8 Å². The van der Waals surface area contributed by atoms with Crippen LogP contribution in [0.25, 0.3) is 0 Å². The molecule has 5 heteroatoms. The van der Waals surface area contributed by atoms with Gasteiger partial charge < -0.3 is 4.90 Å². The highest BCUT2D eigenvalue weighted by Gasteiger charge is 2.20. The molecule has 0 bridgehead atoms. The molecular weight excluding hydrogens is 274 g/mol. The van der Waals surface area contributed by atoms with Gasteiger partial charge in [0.15, 0.2) is 0 Å². The van der Waals surface area contributed by atoms with Crippen LogP contribution < -0.4 is 4.90 Å². The Morgan fingerprint density at radius 2 is 2.33 bits per heavy atom. The second kappa shape index (κ2) is 4.70. The minimum Gasteiger partial charge on any atom is -0.352 e. The molecule has 1 aliphatic heterocycles. The van der Waals surface area contributed by atoms with Crippen LogP contribution in [0, 0.1) is 6.92 Å². The molecule has 0 saturated carbocycles. The summed E-state index contributed by atoms with van der Waals surface area (Å²) in [4.78, 5) is 11.1. The van der Waals surface area contributed by atoms with E-state index in [0.29, 0.717) is 6.04 Å². The molecule has 0 aromatic carbocycles. The van der Waals surface area contributed by atoms with Gasteiger partial charge in [-0.05, 0) is 29.8 Å². The molecule has 1 aromatic rings. The predicted octanol–water partition coefficient (Wildman–Crippen LogP) is 2.49. The van der Waals surface area contributed by atoms with Crippen LogP contribution in [0.1, 0.15) is 12.7 Å². The number of nitrogens with zero attached hydrogens (tertiary/aromatic N) is 3. The number of anilines is 1. The topological polar surface area (TPSA) is 29.0 Å². The zero-order valence-corrected chi connectivity index (χ0v) is 11.3. The second-order valence-electron chi connectivity index (χ2n) is 3.71. The third-order valence-corrected chi connectivity index (χ3v) is 4.05. The van der Waals surface area contributed by atoms with E-state index in [4.69, 9.17) is 0 Å². The van der Waals surface area contributed by atoms with Crippen LogP contribution in [0.5, 0.6) is 0 Å². The van der Waals surface area contributed by atoms with Crippen molar-refractivity contribution in [2.24, 2.45) is 0 Å². The van der Waals surface area contributed by atoms with Gasteiger partial charge in [0.1, 0.15) is 16.2 Å². The fourth-order valence-corrected chi connectivity index (χ4v) is 3.21. The molecular formula is C10H14BrN3S. The van der Waals surface area contributed by atoms with E-state index in [9.17, 15) is 0 Å². The smallest absolute Gasteiger partial charge is 0.133 e. The Kier molecular flexibility index (Phi) is 3.51. The first-order valence-corrected chi connectivity index (χ1v) is 6.97. The number of thioether (sulfide) groups is 1. The standard InChI is InChI=1S/C10H14BrN3S/c1-7-6-15-4-3-14(7)10-5-9(11)12-8(2)13-10/h5,7H,3-4,6H2,1-2H3. The van der Waals surface area contributed by atoms with Gasteiger partial charge in [0.2, 0.25) is 0 Å². The first-order chi connectivity index (χ1) is 7.16. The van der Waals surface area contributed by atoms with Crippen molar-refractivity contribution in [1.29, 1.82) is 0 Å². The van der Waals surface area contributed by atoms with Crippen molar-refractivity contribution in [3.05, 3.63) is 16.5 Å². The summed E-state index contributed by atoms with van der Waals surface area (Å²) < 4.78 is 0.871. The summed E-state index contributed by atoms with van der Waals surface area (Å²) >= 11 is 5.43. The maximum Gasteiger partial charge on any atom is 0.133 e. The van der Waals surface area contributed by atoms with Gasteiger partial charge in [0.25, 0.3) is 0 Å². The molecule has 0 aliphatic carbocycles. The normalized spacial score (nSPS) is 21.8. The average molecular weight is 288 g/mol. The lowest BCUT2D eigenvalue weighted by Gasteiger charge is -2.34. The van der Waals surface area contributed by atoms with Gasteiger partial charge in [-0.25, -0.2) is 9.97 Å². The van der Waals surface area contributed by atoms with Crippen molar-refractivity contribution in [3.8, 4) is 0 Å². The Morgan fingerprint density at radius 3 is 3.00 bits per heavy atom. The summed E-state index contributed by atoms with van der Waals surface area (Å²) in [6.45, 7) is 5.25. The van der Waals surface area contributed by atoms with Crippen molar-refractivity contribution in [1.82, 2.24) is 9.97 Å². The number of aryl methyl sites for hydroxylation is 1. The zero-order chi connectivity index (χ0) is 10.8. The van der Waals surface area contributed by atoms with Gasteiger partial charge in [-0.15, -0.1) is 0 Å². The minimum atomic E-state index is 0.560. The summed E-state index contributed by atoms with van der Waals surface area (Å²) in [5.41, 5.74) is 0. The van der Waals surface area contributed by atoms with Crippen LogP contribution in [0.2, 0.25) is 0 Å². The highest BCUT2D eigenvalue weighted by atomic mass is 79.9. The number of rotatable bonds is 1. The van der Waals surface area contributed by atoms with Gasteiger partial charge in [-0.3, -0.25) is 0 Å². The molecule has 0 spiro atoms. The van der Waals surface area contributed by atoms with E-state index in [-0.39, 0.29) is 0 Å². The highest BCUT2D eigenvalue weighted by molar-refractivity contribution is 9.10. The molecule has 1 aromatic heterocycles. The molecule has 1 aliphatic rings. The largest absolute Gasteiger partial charge is 0.352 e. The lowest BCUT2D eigenvalue weighted by Crippen LogP contribution is -2.41. The molecule has 3 nitrogen and oxygen atoms in total. The summed E-state index contributed by atoms with van der Waals surface area (Å²) in [5.74, 6) is 4.23. The molecule has 1 fully saturated rings. The van der Waals surface area contributed by atoms with Gasteiger partial charge in [0.05, 0.1) is 0 Å². The molecule has 0 N–H and O–H groups in total. The third-order valence-electron chi connectivity index (χ3n) is 2.46. The lowest BCUT2D eigenvalue weighted by molar-refractivity contribution is 0.686. The van der Waals surface area contributed by atoms with E-state index in [1.807, 2.05) is 24.8 Å². The molecule has 15 heavy (non-hydrogen) atoms. The van der Waals surface area contributed by atoms with Gasteiger partial charge in [0, 0.05) is 30.2 Å². The Labute approximate surface area is 103 Å². The first-order valence-electron chi connectivity index (χ1n) is 5.02. The van der Waals surface area contributed by atoms with Crippen LogP contribution in [-0.4, -0.2) is 34.1 Å². The molecule has 2 rings (SSSR count). The number of hydrogen-bond acceptors (Lipinski definition) is 4. The van der Waals surface area contributed by atoms with Crippen LogP contribution in [0.3, 0.4) is 0 Å². The highest BCUT2D eigenvalue weighted by Crippen LogP contribution is 2.23. The maximum atomic E-state index is 4.48. The number of aromatic nitrogens is 2. The van der Waals surface area contributed by atoms with Crippen LogP contribution >= 0.6 is 27.7 Å². The molecule has 0 amide bonds. The fraction of sp³-hybridized carbons (Fsp3) is 0.600. The summed E-state index contributed by atoms with van der Waals surface area (Å²) in [5, 5.41) is 0. The predicted molar refractivity (Wildman–Crippen MR) is 68.6 cm³/mol. The monoisotopic (exact) mass is 287 g/mol. The van der Waals surface area contributed by atoms with Gasteiger partial charge in [-0.2, -0.15) is 11.8 Å². The van der Waals surface area contributed by atoms with Crippen molar-refractivity contribution in [3.63, 3.8) is 0 Å². The summed E-state index contributed by atoms with van der Waals surface area (Å²) in [6, 6.07) is 2.56. The number of halogens is 1. The Hall–Kier alpha value is -0.290. The first kappa shape index (κ1) is 11.2. The van der Waals surface area contributed by atoms with Crippen molar-refractivity contribution >= 4 is 33.5 Å². The van der Waals surface area contributed by atoms with Crippen LogP contribution in [-0.2, 0) is 0 Å². The van der Waals surface area contributed by atoms with E-state index >= 15 is 0 Å². The molecule has 1 atom stereocenters. The lowest BCUT2D eigenvalue weighted by atomic mass is 10.3. The van der Waals surface area contributed by atoms with E-state index in [2.05, 4.69) is 37.7 Å². The Bertz CT molecular complexity index is 338. The summed E-state index contributed by atoms with van der Waals surface area (Å²) in [7, 11) is 0. The van der Waals surface area contributed by atoms with Crippen molar-refractivity contribution in [2.75, 3.05) is 23.0 Å². The van der Waals surface area contributed by atoms with Crippen LogP contribution in [0.4, 0.5) is 5.82 Å². The second-order valence-corrected chi connectivity index (χ2v) is 5.68. The average Bonchev–Trinajstić information content (AvgIpc) is 2.16. The van der Waals surface area contributed by atoms with Crippen molar-refractivity contribution in [2.45, 2.75) is 19.9 Å². The molecule has 0 radical (unpaired) electrons. The van der Waals surface area contributed by atoms with E-state index in [1.165, 1.54) is 11.5 Å². The molecule has 2 heterocycles. The van der Waals surface area contributed by atoms with Crippen molar-refractivity contribution < 1.29 is 0 Å². The summed E-state index contributed by atoms with van der Waals surface area (Å²) in [6.07, 6.45) is 0. The van der Waals surface area contributed by atoms with Gasteiger partial charge >= 0.3 is 0 Å². The molecule has 1 saturated heterocycles. The van der Waals surface area contributed by atoms with E-state index in [1.54, 1.807) is 0 Å². The fourth-order valence-electron chi connectivity index (χ4n) is 1.73. The zero-order valence-electron chi connectivity index (χ0n) is 8.90.